The second-order valence-corrected chi connectivity index (χ2v) is 8.16. The zero-order valence-electron chi connectivity index (χ0n) is 17.1. The molecule has 2 aliphatic rings. The molecule has 1 N–H and O–H groups in total. The third-order valence-corrected chi connectivity index (χ3v) is 6.26. The molecule has 1 saturated heterocycles. The number of rotatable bonds is 5. The van der Waals surface area contributed by atoms with Gasteiger partial charge in [-0.3, -0.25) is 4.79 Å². The number of nitrogens with zero attached hydrogens (tertiary/aromatic N) is 4. The summed E-state index contributed by atoms with van der Waals surface area (Å²) >= 11 is 0. The number of piperidine rings is 1. The molecule has 6 nitrogen and oxygen atoms in total. The van der Waals surface area contributed by atoms with Crippen molar-refractivity contribution < 1.29 is 4.79 Å². The van der Waals surface area contributed by atoms with Gasteiger partial charge in [0.25, 0.3) is 0 Å². The minimum Gasteiger partial charge on any atom is -0.370 e. The van der Waals surface area contributed by atoms with Crippen LogP contribution in [0.1, 0.15) is 37.7 Å². The standard InChI is InChI=1S/C24H27N5O/c25-28-27-21-11-12-23(29-15-14-19-8-4-5-9-20(19)17-29)22(16-21)26-24(30)13-10-18-6-2-1-3-7-18/h1-3,6-7,10-13,16,19-20H,4-5,8-9,14-15,17H2,(H,26,30)/b13-10+/t19-,20-/m1/s1. The fourth-order valence-corrected chi connectivity index (χ4v) is 4.74. The maximum absolute atomic E-state index is 12.6. The highest BCUT2D eigenvalue weighted by atomic mass is 16.1. The lowest BCUT2D eigenvalue weighted by atomic mass is 9.75. The summed E-state index contributed by atoms with van der Waals surface area (Å²) < 4.78 is 0. The first kappa shape index (κ1) is 20.0. The summed E-state index contributed by atoms with van der Waals surface area (Å²) in [6, 6.07) is 15.3. The van der Waals surface area contributed by atoms with Crippen LogP contribution in [0.3, 0.4) is 0 Å². The van der Waals surface area contributed by atoms with Crippen molar-refractivity contribution in [2.24, 2.45) is 17.0 Å². The zero-order valence-corrected chi connectivity index (χ0v) is 17.1. The minimum absolute atomic E-state index is 0.203. The van der Waals surface area contributed by atoms with E-state index in [1.807, 2.05) is 42.5 Å². The molecule has 0 spiro atoms. The fraction of sp³-hybridized carbons (Fsp3) is 0.375. The van der Waals surface area contributed by atoms with Crippen molar-refractivity contribution in [1.29, 1.82) is 0 Å². The van der Waals surface area contributed by atoms with Crippen molar-refractivity contribution in [3.8, 4) is 0 Å². The molecule has 30 heavy (non-hydrogen) atoms. The van der Waals surface area contributed by atoms with Crippen molar-refractivity contribution in [2.45, 2.75) is 32.1 Å². The van der Waals surface area contributed by atoms with Gasteiger partial charge in [-0.05, 0) is 54.0 Å². The highest BCUT2D eigenvalue weighted by Crippen LogP contribution is 2.40. The van der Waals surface area contributed by atoms with E-state index in [0.29, 0.717) is 11.4 Å². The van der Waals surface area contributed by atoms with Crippen LogP contribution in [0.25, 0.3) is 16.5 Å². The summed E-state index contributed by atoms with van der Waals surface area (Å²) in [6.07, 6.45) is 9.84. The Morgan fingerprint density at radius 1 is 1.10 bits per heavy atom. The second kappa shape index (κ2) is 9.51. The molecule has 1 amide bonds. The molecule has 6 heteroatoms. The quantitative estimate of drug-likeness (QED) is 0.276. The van der Waals surface area contributed by atoms with Crippen LogP contribution < -0.4 is 10.2 Å². The van der Waals surface area contributed by atoms with Gasteiger partial charge in [0, 0.05) is 29.8 Å². The number of nitrogens with one attached hydrogen (secondary N) is 1. The summed E-state index contributed by atoms with van der Waals surface area (Å²) in [5.74, 6) is 1.36. The first-order chi connectivity index (χ1) is 14.7. The van der Waals surface area contributed by atoms with E-state index in [-0.39, 0.29) is 5.91 Å². The molecule has 2 aromatic rings. The average Bonchev–Trinajstić information content (AvgIpc) is 2.78. The highest BCUT2D eigenvalue weighted by Gasteiger charge is 2.31. The third-order valence-electron chi connectivity index (χ3n) is 6.26. The van der Waals surface area contributed by atoms with Gasteiger partial charge in [0.05, 0.1) is 11.4 Å². The van der Waals surface area contributed by atoms with E-state index in [1.165, 1.54) is 38.2 Å². The van der Waals surface area contributed by atoms with Gasteiger partial charge in [-0.15, -0.1) is 0 Å². The lowest BCUT2D eigenvalue weighted by Gasteiger charge is -2.42. The zero-order chi connectivity index (χ0) is 20.8. The number of hydrogen-bond donors (Lipinski definition) is 1. The molecule has 4 rings (SSSR count). The monoisotopic (exact) mass is 401 g/mol. The first-order valence-electron chi connectivity index (χ1n) is 10.7. The van der Waals surface area contributed by atoms with Crippen LogP contribution in [0.2, 0.25) is 0 Å². The van der Waals surface area contributed by atoms with E-state index in [0.717, 1.165) is 36.2 Å². The van der Waals surface area contributed by atoms with Gasteiger partial charge in [-0.25, -0.2) is 0 Å². The molecular formula is C24H27N5O. The van der Waals surface area contributed by atoms with Crippen molar-refractivity contribution in [2.75, 3.05) is 23.3 Å². The molecule has 0 radical (unpaired) electrons. The largest absolute Gasteiger partial charge is 0.370 e. The van der Waals surface area contributed by atoms with Gasteiger partial charge in [0.1, 0.15) is 0 Å². The topological polar surface area (TPSA) is 81.1 Å². The Balaban J connectivity index is 1.54. The summed E-state index contributed by atoms with van der Waals surface area (Å²) in [5.41, 5.74) is 12.0. The van der Waals surface area contributed by atoms with Gasteiger partial charge in [-0.1, -0.05) is 60.8 Å². The number of carbonyl (C=O) groups is 1. The molecule has 2 fully saturated rings. The molecule has 1 aliphatic heterocycles. The van der Waals surface area contributed by atoms with E-state index in [1.54, 1.807) is 12.1 Å². The molecule has 1 heterocycles. The minimum atomic E-state index is -0.203. The maximum atomic E-state index is 12.6. The molecule has 154 valence electrons. The second-order valence-electron chi connectivity index (χ2n) is 8.16. The Bertz CT molecular complexity index is 965. The lowest BCUT2D eigenvalue weighted by molar-refractivity contribution is -0.111. The van der Waals surface area contributed by atoms with E-state index in [9.17, 15) is 4.79 Å². The number of amides is 1. The van der Waals surface area contributed by atoms with Gasteiger partial charge >= 0.3 is 0 Å². The van der Waals surface area contributed by atoms with E-state index in [2.05, 4.69) is 20.2 Å². The summed E-state index contributed by atoms with van der Waals surface area (Å²) in [6.45, 7) is 2.01. The number of fused-ring (bicyclic) bond motifs is 1. The molecule has 1 aliphatic carbocycles. The Labute approximate surface area is 177 Å². The summed E-state index contributed by atoms with van der Waals surface area (Å²) in [4.78, 5) is 17.9. The van der Waals surface area contributed by atoms with Crippen LogP contribution in [0, 0.1) is 11.8 Å². The number of hydrogen-bond acceptors (Lipinski definition) is 3. The molecule has 0 unspecified atom stereocenters. The normalized spacial score (nSPS) is 21.0. The molecule has 0 bridgehead atoms. The predicted molar refractivity (Wildman–Crippen MR) is 122 cm³/mol. The Morgan fingerprint density at radius 2 is 1.90 bits per heavy atom. The summed E-state index contributed by atoms with van der Waals surface area (Å²) in [7, 11) is 0. The molecule has 2 atom stereocenters. The average molecular weight is 402 g/mol. The van der Waals surface area contributed by atoms with Crippen molar-refractivity contribution >= 4 is 29.0 Å². The SMILES string of the molecule is [N-]=[N+]=Nc1ccc(N2CC[C@H]3CCCC[C@@H]3C2)c(NC(=O)/C=C/c2ccccc2)c1. The van der Waals surface area contributed by atoms with Gasteiger partial charge in [-0.2, -0.15) is 0 Å². The van der Waals surface area contributed by atoms with E-state index < -0.39 is 0 Å². The summed E-state index contributed by atoms with van der Waals surface area (Å²) in [5, 5.41) is 6.71. The number of anilines is 2. The Kier molecular flexibility index (Phi) is 6.35. The fourth-order valence-electron chi connectivity index (χ4n) is 4.74. The van der Waals surface area contributed by atoms with Crippen LogP contribution in [0.4, 0.5) is 17.1 Å². The number of carbonyl (C=O) groups excluding carboxylic acids is 1. The van der Waals surface area contributed by atoms with Crippen LogP contribution in [-0.2, 0) is 4.79 Å². The van der Waals surface area contributed by atoms with Crippen LogP contribution >= 0.6 is 0 Å². The van der Waals surface area contributed by atoms with E-state index >= 15 is 0 Å². The number of azide groups is 1. The molecule has 1 saturated carbocycles. The van der Waals surface area contributed by atoms with Gasteiger partial charge in [0.15, 0.2) is 0 Å². The van der Waals surface area contributed by atoms with Crippen molar-refractivity contribution in [3.05, 3.63) is 70.6 Å². The van der Waals surface area contributed by atoms with Gasteiger partial charge in [0.2, 0.25) is 5.91 Å². The van der Waals surface area contributed by atoms with Gasteiger partial charge < -0.3 is 10.2 Å². The molecule has 0 aromatic heterocycles. The molecule has 2 aromatic carbocycles. The number of benzene rings is 2. The van der Waals surface area contributed by atoms with E-state index in [4.69, 9.17) is 5.53 Å². The predicted octanol–water partition coefficient (Wildman–Crippen LogP) is 6.30. The van der Waals surface area contributed by atoms with Crippen LogP contribution in [-0.4, -0.2) is 19.0 Å². The Hall–Kier alpha value is -3.24. The first-order valence-corrected chi connectivity index (χ1v) is 10.7. The molecular weight excluding hydrogens is 374 g/mol. The maximum Gasteiger partial charge on any atom is 0.248 e. The van der Waals surface area contributed by atoms with Crippen molar-refractivity contribution in [1.82, 2.24) is 0 Å². The smallest absolute Gasteiger partial charge is 0.248 e. The third kappa shape index (κ3) is 4.84. The van der Waals surface area contributed by atoms with Crippen LogP contribution in [0.5, 0.6) is 0 Å². The van der Waals surface area contributed by atoms with Crippen molar-refractivity contribution in [3.63, 3.8) is 0 Å². The highest BCUT2D eigenvalue weighted by molar-refractivity contribution is 6.04. The van der Waals surface area contributed by atoms with Crippen LogP contribution in [0.15, 0.2) is 59.7 Å². The Morgan fingerprint density at radius 3 is 2.70 bits per heavy atom. The lowest BCUT2D eigenvalue weighted by Crippen LogP contribution is -2.42.